The van der Waals surface area contributed by atoms with Gasteiger partial charge in [0.1, 0.15) is 5.82 Å². The first-order valence-electron chi connectivity index (χ1n) is 6.90. The van der Waals surface area contributed by atoms with Crippen molar-refractivity contribution in [3.05, 3.63) is 63.6 Å². The first-order chi connectivity index (χ1) is 11.1. The molecule has 2 rings (SSSR count). The van der Waals surface area contributed by atoms with Gasteiger partial charge in [0.25, 0.3) is 0 Å². The average Bonchev–Trinajstić information content (AvgIpc) is 2.55. The van der Waals surface area contributed by atoms with Gasteiger partial charge in [0.2, 0.25) is 0 Å². The van der Waals surface area contributed by atoms with E-state index in [2.05, 4.69) is 10.3 Å². The number of anilines is 1. The van der Waals surface area contributed by atoms with Crippen LogP contribution in [0.3, 0.4) is 0 Å². The topological polar surface area (TPSA) is 97.5 Å². The van der Waals surface area contributed by atoms with E-state index in [1.165, 1.54) is 18.3 Å². The van der Waals surface area contributed by atoms with Gasteiger partial charge in [0.15, 0.2) is 6.20 Å². The molecule has 0 unspecified atom stereocenters. The van der Waals surface area contributed by atoms with E-state index < -0.39 is 4.92 Å². The third kappa shape index (κ3) is 4.97. The highest BCUT2D eigenvalue weighted by molar-refractivity contribution is 5.44. The number of aromatic nitrogens is 1. The Balaban J connectivity index is 1.92. The van der Waals surface area contributed by atoms with E-state index in [1.807, 2.05) is 0 Å². The molecule has 0 radical (unpaired) electrons. The molecule has 1 aromatic carbocycles. The molecule has 2 N–H and O–H groups in total. The average molecular weight is 321 g/mol. The van der Waals surface area contributed by atoms with Gasteiger partial charge in [-0.25, -0.2) is 4.39 Å². The molecule has 0 aliphatic heterocycles. The molecule has 23 heavy (non-hydrogen) atoms. The summed E-state index contributed by atoms with van der Waals surface area (Å²) in [5.74, 6) is -0.613. The van der Waals surface area contributed by atoms with E-state index in [9.17, 15) is 14.5 Å². The molecule has 0 atom stereocenters. The van der Waals surface area contributed by atoms with Crippen molar-refractivity contribution in [1.82, 2.24) is 4.98 Å². The van der Waals surface area contributed by atoms with Crippen LogP contribution < -0.4 is 5.32 Å². The van der Waals surface area contributed by atoms with Crippen molar-refractivity contribution in [1.29, 1.82) is 0 Å². The predicted molar refractivity (Wildman–Crippen MR) is 81.4 cm³/mol. The van der Waals surface area contributed by atoms with Crippen LogP contribution >= 0.6 is 0 Å². The van der Waals surface area contributed by atoms with Crippen LogP contribution in [-0.2, 0) is 17.9 Å². The lowest BCUT2D eigenvalue weighted by atomic mass is 10.1. The summed E-state index contributed by atoms with van der Waals surface area (Å²) in [5.41, 5.74) is 1.73. The minimum atomic E-state index is -0.573. The number of hydrogen-bond donors (Lipinski definition) is 2. The van der Waals surface area contributed by atoms with Crippen molar-refractivity contribution < 1.29 is 19.2 Å². The third-order valence-corrected chi connectivity index (χ3v) is 3.04. The van der Waals surface area contributed by atoms with Crippen LogP contribution in [0.4, 0.5) is 15.9 Å². The Morgan fingerprint density at radius 2 is 2.17 bits per heavy atom. The fourth-order valence-electron chi connectivity index (χ4n) is 1.87. The summed E-state index contributed by atoms with van der Waals surface area (Å²) >= 11 is 0. The Morgan fingerprint density at radius 3 is 2.78 bits per heavy atom. The Hall–Kier alpha value is -2.58. The number of aliphatic hydroxyl groups is 1. The van der Waals surface area contributed by atoms with E-state index in [1.54, 1.807) is 18.2 Å². The second kappa shape index (κ2) is 8.16. The summed E-state index contributed by atoms with van der Waals surface area (Å²) in [5, 5.41) is 22.1. The molecule has 1 heterocycles. The zero-order chi connectivity index (χ0) is 16.7. The summed E-state index contributed by atoms with van der Waals surface area (Å²) in [6.45, 7) is 0.517. The quantitative estimate of drug-likeness (QED) is 0.440. The highest BCUT2D eigenvalue weighted by Crippen LogP contribution is 2.15. The van der Waals surface area contributed by atoms with E-state index in [-0.39, 0.29) is 31.5 Å². The molecule has 0 aliphatic carbocycles. The summed E-state index contributed by atoms with van der Waals surface area (Å²) in [4.78, 5) is 13.6. The van der Waals surface area contributed by atoms with Gasteiger partial charge >= 0.3 is 5.82 Å². The summed E-state index contributed by atoms with van der Waals surface area (Å²) in [6, 6.07) is 7.61. The van der Waals surface area contributed by atoms with Gasteiger partial charge in [-0.1, -0.05) is 12.1 Å². The second-order valence-electron chi connectivity index (χ2n) is 4.72. The number of aliphatic hydroxyl groups excluding tert-OH is 1. The van der Waals surface area contributed by atoms with Crippen molar-refractivity contribution in [3.63, 3.8) is 0 Å². The smallest absolute Gasteiger partial charge is 0.363 e. The Labute approximate surface area is 131 Å². The largest absolute Gasteiger partial charge is 0.394 e. The van der Waals surface area contributed by atoms with Crippen LogP contribution in [0.2, 0.25) is 0 Å². The van der Waals surface area contributed by atoms with Gasteiger partial charge in [-0.2, -0.15) is 0 Å². The molecule has 1 aromatic heterocycles. The number of benzene rings is 1. The van der Waals surface area contributed by atoms with Crippen molar-refractivity contribution in [3.8, 4) is 0 Å². The lowest BCUT2D eigenvalue weighted by molar-refractivity contribution is -0.389. The molecule has 0 spiro atoms. The fraction of sp³-hybridized carbons (Fsp3) is 0.267. The molecule has 7 nitrogen and oxygen atoms in total. The van der Waals surface area contributed by atoms with Gasteiger partial charge in [0, 0.05) is 18.2 Å². The maximum Gasteiger partial charge on any atom is 0.363 e. The molecule has 0 amide bonds. The lowest BCUT2D eigenvalue weighted by Gasteiger charge is -2.08. The second-order valence-corrected chi connectivity index (χ2v) is 4.72. The number of pyridine rings is 1. The Kier molecular flexibility index (Phi) is 5.95. The van der Waals surface area contributed by atoms with Crippen LogP contribution in [0.25, 0.3) is 0 Å². The maximum absolute atomic E-state index is 13.9. The first kappa shape index (κ1) is 16.8. The maximum atomic E-state index is 13.9. The Morgan fingerprint density at radius 1 is 1.35 bits per heavy atom. The van der Waals surface area contributed by atoms with Crippen molar-refractivity contribution >= 4 is 11.5 Å². The minimum Gasteiger partial charge on any atom is -0.394 e. The highest BCUT2D eigenvalue weighted by atomic mass is 19.1. The van der Waals surface area contributed by atoms with E-state index in [4.69, 9.17) is 9.84 Å². The molecule has 0 aliphatic rings. The zero-order valence-electron chi connectivity index (χ0n) is 12.2. The van der Waals surface area contributed by atoms with Crippen LogP contribution in [-0.4, -0.2) is 28.2 Å². The molecule has 8 heteroatoms. The van der Waals surface area contributed by atoms with Crippen LogP contribution in [0.5, 0.6) is 0 Å². The molecular formula is C15H16FN3O4. The molecular weight excluding hydrogens is 305 g/mol. The van der Waals surface area contributed by atoms with Gasteiger partial charge in [-0.3, -0.25) is 0 Å². The van der Waals surface area contributed by atoms with Crippen molar-refractivity contribution in [2.45, 2.75) is 13.2 Å². The lowest BCUT2D eigenvalue weighted by Crippen LogP contribution is -2.04. The summed E-state index contributed by atoms with van der Waals surface area (Å²) < 4.78 is 19.0. The molecule has 0 bridgehead atoms. The van der Waals surface area contributed by atoms with Crippen LogP contribution in [0.15, 0.2) is 36.5 Å². The Bertz CT molecular complexity index is 664. The van der Waals surface area contributed by atoms with E-state index in [0.29, 0.717) is 23.4 Å². The molecule has 122 valence electrons. The van der Waals surface area contributed by atoms with Gasteiger partial charge < -0.3 is 25.3 Å². The predicted octanol–water partition coefficient (Wildman–Crippen LogP) is 2.25. The van der Waals surface area contributed by atoms with Gasteiger partial charge in [-0.15, -0.1) is 0 Å². The normalized spacial score (nSPS) is 10.5. The monoisotopic (exact) mass is 321 g/mol. The van der Waals surface area contributed by atoms with Crippen LogP contribution in [0, 0.1) is 15.9 Å². The van der Waals surface area contributed by atoms with Crippen molar-refractivity contribution in [2.24, 2.45) is 0 Å². The number of nitrogens with one attached hydrogen (secondary N) is 1. The van der Waals surface area contributed by atoms with Crippen molar-refractivity contribution in [2.75, 3.05) is 18.5 Å². The number of nitrogens with zero attached hydrogens (tertiary/aromatic N) is 2. The summed E-state index contributed by atoms with van der Waals surface area (Å²) in [7, 11) is 0. The third-order valence-electron chi connectivity index (χ3n) is 3.04. The van der Waals surface area contributed by atoms with E-state index >= 15 is 0 Å². The molecule has 0 saturated carbocycles. The summed E-state index contributed by atoms with van der Waals surface area (Å²) in [6.07, 6.45) is 1.35. The molecule has 0 saturated heterocycles. The first-order valence-corrected chi connectivity index (χ1v) is 6.90. The van der Waals surface area contributed by atoms with E-state index in [0.717, 1.165) is 0 Å². The number of ether oxygens (including phenoxy) is 1. The standard InChI is InChI=1S/C15H16FN3O4/c16-14-7-11(1-2-12(14)10-23-6-5-20)8-17-13-3-4-15(18-9-13)19(21)22/h1-4,7,9,17,20H,5-6,8,10H2. The molecule has 2 aromatic rings. The zero-order valence-corrected chi connectivity index (χ0v) is 12.2. The highest BCUT2D eigenvalue weighted by Gasteiger charge is 2.07. The van der Waals surface area contributed by atoms with Crippen LogP contribution in [0.1, 0.15) is 11.1 Å². The number of halogens is 1. The SMILES string of the molecule is O=[N+]([O-])c1ccc(NCc2ccc(COCCO)c(F)c2)cn1. The van der Waals surface area contributed by atoms with Gasteiger partial charge in [-0.05, 0) is 27.6 Å². The van der Waals surface area contributed by atoms with Gasteiger partial charge in [0.05, 0.1) is 25.5 Å². The molecule has 0 fully saturated rings. The number of nitro groups is 1. The number of hydrogen-bond acceptors (Lipinski definition) is 6. The number of rotatable bonds is 8. The fourth-order valence-corrected chi connectivity index (χ4v) is 1.87. The minimum absolute atomic E-state index is 0.104.